The molecular formula is C16H11F2N3O4. The van der Waals surface area contributed by atoms with Crippen molar-refractivity contribution in [1.82, 2.24) is 15.2 Å². The highest BCUT2D eigenvalue weighted by Gasteiger charge is 2.10. The second-order valence-electron chi connectivity index (χ2n) is 4.83. The molecule has 0 saturated heterocycles. The molecule has 7 nitrogen and oxygen atoms in total. The molecule has 0 amide bonds. The van der Waals surface area contributed by atoms with Crippen LogP contribution < -0.4 is 9.57 Å². The van der Waals surface area contributed by atoms with Crippen molar-refractivity contribution in [2.45, 2.75) is 6.61 Å². The summed E-state index contributed by atoms with van der Waals surface area (Å²) in [5.74, 6) is -0.752. The van der Waals surface area contributed by atoms with E-state index in [0.29, 0.717) is 11.3 Å². The zero-order valence-corrected chi connectivity index (χ0v) is 12.5. The van der Waals surface area contributed by atoms with Gasteiger partial charge in [-0.1, -0.05) is 29.1 Å². The van der Waals surface area contributed by atoms with Gasteiger partial charge >= 0.3 is 12.6 Å². The molecule has 1 aromatic heterocycles. The summed E-state index contributed by atoms with van der Waals surface area (Å²) in [4.78, 5) is 17.0. The fourth-order valence-electron chi connectivity index (χ4n) is 2.06. The second kappa shape index (κ2) is 6.95. The van der Waals surface area contributed by atoms with Gasteiger partial charge in [-0.2, -0.15) is 8.78 Å². The highest BCUT2D eigenvalue weighted by Crippen LogP contribution is 2.26. The van der Waals surface area contributed by atoms with E-state index < -0.39 is 12.6 Å². The zero-order valence-electron chi connectivity index (χ0n) is 12.5. The van der Waals surface area contributed by atoms with E-state index in [-0.39, 0.29) is 11.4 Å². The van der Waals surface area contributed by atoms with Crippen LogP contribution in [0, 0.1) is 0 Å². The van der Waals surface area contributed by atoms with Crippen LogP contribution in [-0.4, -0.2) is 32.8 Å². The molecule has 0 aliphatic heterocycles. The van der Waals surface area contributed by atoms with Crippen LogP contribution in [0.2, 0.25) is 0 Å². The Morgan fingerprint density at radius 2 is 1.84 bits per heavy atom. The van der Waals surface area contributed by atoms with Crippen molar-refractivity contribution < 1.29 is 28.3 Å². The Labute approximate surface area is 140 Å². The molecule has 2 aromatic carbocycles. The number of hydrogen-bond donors (Lipinski definition) is 1. The molecule has 0 aliphatic rings. The third-order valence-electron chi connectivity index (χ3n) is 3.14. The van der Waals surface area contributed by atoms with Gasteiger partial charge in [0.25, 0.3) is 0 Å². The molecule has 3 aromatic rings. The van der Waals surface area contributed by atoms with E-state index in [1.54, 1.807) is 36.4 Å². The molecule has 0 bridgehead atoms. The number of benzene rings is 2. The van der Waals surface area contributed by atoms with Crippen LogP contribution in [0.4, 0.5) is 8.78 Å². The van der Waals surface area contributed by atoms with E-state index in [9.17, 15) is 13.6 Å². The summed E-state index contributed by atoms with van der Waals surface area (Å²) in [7, 11) is 0. The smallest absolute Gasteiger partial charge is 0.387 e. The Kier molecular flexibility index (Phi) is 4.55. The minimum atomic E-state index is -2.88. The first-order chi connectivity index (χ1) is 12.0. The number of halogens is 2. The lowest BCUT2D eigenvalue weighted by atomic mass is 10.1. The first-order valence-electron chi connectivity index (χ1n) is 7.00. The third kappa shape index (κ3) is 4.08. The average molecular weight is 347 g/mol. The maximum atomic E-state index is 12.3. The minimum absolute atomic E-state index is 0.0663. The van der Waals surface area contributed by atoms with Crippen LogP contribution in [0.15, 0.2) is 54.7 Å². The first-order valence-corrected chi connectivity index (χ1v) is 7.00. The molecule has 0 spiro atoms. The summed E-state index contributed by atoms with van der Waals surface area (Å²) in [5, 5.41) is 15.7. The molecular weight excluding hydrogens is 336 g/mol. The highest BCUT2D eigenvalue weighted by molar-refractivity contribution is 5.84. The Balaban J connectivity index is 1.74. The standard InChI is InChI=1S/C16H11F2N3O4/c17-16(18)24-13-3-1-2-11(8-13)10-4-6-12(7-5-10)25-21-9-14(15(22)23)19-20-21/h1-9,16H,(H,22,23). The van der Waals surface area contributed by atoms with Crippen molar-refractivity contribution >= 4 is 5.97 Å². The summed E-state index contributed by atoms with van der Waals surface area (Å²) in [6, 6.07) is 13.0. The molecule has 1 heterocycles. The van der Waals surface area contributed by atoms with Gasteiger partial charge in [0.1, 0.15) is 11.9 Å². The molecule has 1 N–H and O–H groups in total. The summed E-state index contributed by atoms with van der Waals surface area (Å²) >= 11 is 0. The van der Waals surface area contributed by atoms with Crippen molar-refractivity contribution in [2.75, 3.05) is 0 Å². The fraction of sp³-hybridized carbons (Fsp3) is 0.0625. The van der Waals surface area contributed by atoms with E-state index in [0.717, 1.165) is 16.6 Å². The maximum absolute atomic E-state index is 12.3. The molecule has 128 valence electrons. The van der Waals surface area contributed by atoms with Gasteiger partial charge in [0.2, 0.25) is 0 Å². The van der Waals surface area contributed by atoms with E-state index >= 15 is 0 Å². The van der Waals surface area contributed by atoms with Crippen LogP contribution in [0.1, 0.15) is 10.5 Å². The minimum Gasteiger partial charge on any atom is -0.476 e. The first kappa shape index (κ1) is 16.4. The lowest BCUT2D eigenvalue weighted by molar-refractivity contribution is -0.0498. The van der Waals surface area contributed by atoms with Crippen molar-refractivity contribution in [1.29, 1.82) is 0 Å². The van der Waals surface area contributed by atoms with Gasteiger partial charge in [-0.15, -0.1) is 5.10 Å². The quantitative estimate of drug-likeness (QED) is 0.737. The number of aromatic carboxylic acids is 1. The lowest BCUT2D eigenvalue weighted by Gasteiger charge is -2.08. The third-order valence-corrected chi connectivity index (χ3v) is 3.14. The fourth-order valence-corrected chi connectivity index (χ4v) is 2.06. The number of hydrogen-bond acceptors (Lipinski definition) is 5. The van der Waals surface area contributed by atoms with Crippen LogP contribution in [-0.2, 0) is 0 Å². The van der Waals surface area contributed by atoms with Gasteiger partial charge in [0, 0.05) is 0 Å². The van der Waals surface area contributed by atoms with Gasteiger partial charge in [0.05, 0.1) is 0 Å². The summed E-state index contributed by atoms with van der Waals surface area (Å²) in [6.07, 6.45) is 1.13. The largest absolute Gasteiger partial charge is 0.476 e. The van der Waals surface area contributed by atoms with E-state index in [1.807, 2.05) is 0 Å². The number of aromatic nitrogens is 3. The molecule has 0 atom stereocenters. The molecule has 9 heteroatoms. The molecule has 3 rings (SSSR count). The van der Waals surface area contributed by atoms with Crippen molar-refractivity contribution in [3.8, 4) is 22.6 Å². The Bertz CT molecular complexity index is 881. The summed E-state index contributed by atoms with van der Waals surface area (Å²) in [5.41, 5.74) is 1.21. The number of carbonyl (C=O) groups is 1. The van der Waals surface area contributed by atoms with E-state index in [1.165, 1.54) is 12.1 Å². The highest BCUT2D eigenvalue weighted by atomic mass is 19.3. The lowest BCUT2D eigenvalue weighted by Crippen LogP contribution is -2.05. The SMILES string of the molecule is O=C(O)c1cn(Oc2ccc(-c3cccc(OC(F)F)c3)cc2)nn1. The monoisotopic (exact) mass is 347 g/mol. The number of carboxylic acids is 1. The van der Waals surface area contributed by atoms with E-state index in [2.05, 4.69) is 15.0 Å². The normalized spacial score (nSPS) is 10.7. The molecule has 0 unspecified atom stereocenters. The Morgan fingerprint density at radius 3 is 2.48 bits per heavy atom. The van der Waals surface area contributed by atoms with Crippen LogP contribution in [0.3, 0.4) is 0 Å². The number of rotatable bonds is 6. The molecule has 25 heavy (non-hydrogen) atoms. The van der Waals surface area contributed by atoms with Crippen LogP contribution in [0.25, 0.3) is 11.1 Å². The Hall–Kier alpha value is -3.49. The predicted octanol–water partition coefficient (Wildman–Crippen LogP) is 3.09. The number of alkyl halides is 2. The summed E-state index contributed by atoms with van der Waals surface area (Å²) < 4.78 is 28.9. The average Bonchev–Trinajstić information content (AvgIpc) is 3.04. The second-order valence-corrected chi connectivity index (χ2v) is 4.83. The van der Waals surface area contributed by atoms with Crippen LogP contribution >= 0.6 is 0 Å². The summed E-state index contributed by atoms with van der Waals surface area (Å²) in [6.45, 7) is -2.88. The van der Waals surface area contributed by atoms with Gasteiger partial charge in [-0.25, -0.2) is 4.79 Å². The van der Waals surface area contributed by atoms with E-state index in [4.69, 9.17) is 9.94 Å². The van der Waals surface area contributed by atoms with Gasteiger partial charge in [0.15, 0.2) is 11.4 Å². The molecule has 0 saturated carbocycles. The number of ether oxygens (including phenoxy) is 1. The van der Waals surface area contributed by atoms with Crippen molar-refractivity contribution in [3.63, 3.8) is 0 Å². The molecule has 0 fully saturated rings. The van der Waals surface area contributed by atoms with Crippen molar-refractivity contribution in [2.24, 2.45) is 0 Å². The zero-order chi connectivity index (χ0) is 17.8. The number of nitrogens with zero attached hydrogens (tertiary/aromatic N) is 3. The number of carboxylic acid groups (broad SMARTS) is 1. The predicted molar refractivity (Wildman–Crippen MR) is 81.5 cm³/mol. The van der Waals surface area contributed by atoms with Gasteiger partial charge in [-0.05, 0) is 40.6 Å². The topological polar surface area (TPSA) is 86.5 Å². The van der Waals surface area contributed by atoms with Crippen molar-refractivity contribution in [3.05, 3.63) is 60.4 Å². The van der Waals surface area contributed by atoms with Crippen LogP contribution in [0.5, 0.6) is 11.5 Å². The van der Waals surface area contributed by atoms with Gasteiger partial charge in [-0.3, -0.25) is 0 Å². The Morgan fingerprint density at radius 1 is 1.08 bits per heavy atom. The maximum Gasteiger partial charge on any atom is 0.387 e. The molecule has 0 aliphatic carbocycles. The molecule has 0 radical (unpaired) electrons. The van der Waals surface area contributed by atoms with Gasteiger partial charge < -0.3 is 14.7 Å².